The van der Waals surface area contributed by atoms with Gasteiger partial charge in [-0.25, -0.2) is 4.98 Å². The van der Waals surface area contributed by atoms with Crippen molar-refractivity contribution in [2.24, 2.45) is 0 Å². The van der Waals surface area contributed by atoms with E-state index in [1.54, 1.807) is 0 Å². The molecule has 0 bridgehead atoms. The van der Waals surface area contributed by atoms with Crippen LogP contribution in [0.25, 0.3) is 10.8 Å². The smallest absolute Gasteiger partial charge is 0.383 e. The van der Waals surface area contributed by atoms with E-state index < -0.39 is 12.2 Å². The number of hydrogen-bond donors (Lipinski definition) is 1. The Hall–Kier alpha value is -1.64. The van der Waals surface area contributed by atoms with E-state index in [1.165, 1.54) is 5.38 Å². The summed E-state index contributed by atoms with van der Waals surface area (Å²) in [6.45, 7) is 1.03. The van der Waals surface area contributed by atoms with Gasteiger partial charge in [-0.1, -0.05) is 0 Å². The maximum atomic E-state index is 12.6. The molecule has 0 aliphatic carbocycles. The maximum absolute atomic E-state index is 12.6. The molecule has 2 heterocycles. The Kier molecular flexibility index (Phi) is 2.77. The predicted octanol–water partition coefficient (Wildman–Crippen LogP) is 2.11. The second-order valence-electron chi connectivity index (χ2n) is 3.36. The number of halogens is 3. The van der Waals surface area contributed by atoms with Crippen molar-refractivity contribution in [3.8, 4) is 10.8 Å². The summed E-state index contributed by atoms with van der Waals surface area (Å²) in [5.74, 6) is 0.315. The molecule has 0 aliphatic rings. The van der Waals surface area contributed by atoms with Crippen LogP contribution in [0.2, 0.25) is 0 Å². The number of rotatable bonds is 2. The van der Waals surface area contributed by atoms with E-state index in [2.05, 4.69) is 15.2 Å². The molecule has 9 heteroatoms. The van der Waals surface area contributed by atoms with Gasteiger partial charge in [0, 0.05) is 5.38 Å². The normalized spacial score (nSPS) is 13.9. The maximum Gasteiger partial charge on any atom is 0.408 e. The molecule has 5 nitrogen and oxygen atoms in total. The summed E-state index contributed by atoms with van der Waals surface area (Å²) in [5.41, 5.74) is 5.42. The Balaban J connectivity index is 2.42. The minimum atomic E-state index is -4.36. The summed E-state index contributed by atoms with van der Waals surface area (Å²) >= 11 is 1.12. The fourth-order valence-electron chi connectivity index (χ4n) is 1.23. The number of anilines is 1. The predicted molar refractivity (Wildman–Crippen MR) is 56.3 cm³/mol. The third-order valence-corrected chi connectivity index (χ3v) is 3.03. The fourth-order valence-corrected chi connectivity index (χ4v) is 1.92. The van der Waals surface area contributed by atoms with Crippen LogP contribution in [0.3, 0.4) is 0 Å². The number of nitrogens with two attached hydrogens (primary N) is 1. The van der Waals surface area contributed by atoms with Crippen molar-refractivity contribution in [2.45, 2.75) is 19.1 Å². The van der Waals surface area contributed by atoms with Crippen LogP contribution in [-0.2, 0) is 0 Å². The number of alkyl halides is 3. The van der Waals surface area contributed by atoms with Crippen molar-refractivity contribution in [2.75, 3.05) is 5.73 Å². The zero-order chi connectivity index (χ0) is 12.6. The van der Waals surface area contributed by atoms with Crippen LogP contribution in [0.1, 0.15) is 13.0 Å². The van der Waals surface area contributed by atoms with E-state index in [-0.39, 0.29) is 11.6 Å². The van der Waals surface area contributed by atoms with Crippen molar-refractivity contribution in [3.63, 3.8) is 0 Å². The molecular formula is C8H8F3N5S. The highest BCUT2D eigenvalue weighted by molar-refractivity contribution is 7.13. The van der Waals surface area contributed by atoms with Crippen molar-refractivity contribution >= 4 is 17.2 Å². The van der Waals surface area contributed by atoms with Crippen molar-refractivity contribution in [3.05, 3.63) is 11.7 Å². The number of hydrogen-bond acceptors (Lipinski definition) is 5. The van der Waals surface area contributed by atoms with E-state index in [1.807, 2.05) is 0 Å². The lowest BCUT2D eigenvalue weighted by Gasteiger charge is -2.17. The number of nitrogen functional groups attached to an aromatic ring is 1. The highest BCUT2D eigenvalue weighted by Crippen LogP contribution is 2.33. The SMILES string of the molecule is CC(n1cnnc1-c1nc(N)cs1)C(F)(F)F. The molecule has 2 aromatic heterocycles. The van der Waals surface area contributed by atoms with Crippen LogP contribution in [0.5, 0.6) is 0 Å². The Morgan fingerprint density at radius 2 is 2.18 bits per heavy atom. The zero-order valence-electron chi connectivity index (χ0n) is 8.64. The van der Waals surface area contributed by atoms with Gasteiger partial charge in [0.2, 0.25) is 0 Å². The van der Waals surface area contributed by atoms with Gasteiger partial charge in [-0.15, -0.1) is 21.5 Å². The van der Waals surface area contributed by atoms with Crippen molar-refractivity contribution in [1.29, 1.82) is 0 Å². The van der Waals surface area contributed by atoms with Gasteiger partial charge in [0.15, 0.2) is 10.8 Å². The van der Waals surface area contributed by atoms with Crippen LogP contribution in [0.4, 0.5) is 19.0 Å². The summed E-state index contributed by atoms with van der Waals surface area (Å²) in [7, 11) is 0. The lowest BCUT2D eigenvalue weighted by atomic mass is 10.3. The van der Waals surface area contributed by atoms with Crippen molar-refractivity contribution < 1.29 is 13.2 Å². The lowest BCUT2D eigenvalue weighted by molar-refractivity contribution is -0.162. The summed E-state index contributed by atoms with van der Waals surface area (Å²) in [6, 6.07) is -1.71. The molecule has 0 saturated heterocycles. The van der Waals surface area contributed by atoms with Gasteiger partial charge in [0.25, 0.3) is 0 Å². The molecule has 17 heavy (non-hydrogen) atoms. The minimum Gasteiger partial charge on any atom is -0.383 e. The third kappa shape index (κ3) is 2.23. The first-order valence-corrected chi connectivity index (χ1v) is 5.45. The molecule has 0 aliphatic heterocycles. The molecule has 1 atom stereocenters. The quantitative estimate of drug-likeness (QED) is 0.900. The molecule has 0 saturated carbocycles. The van der Waals surface area contributed by atoms with E-state index >= 15 is 0 Å². The number of aromatic nitrogens is 4. The van der Waals surface area contributed by atoms with Gasteiger partial charge in [-0.05, 0) is 6.92 Å². The Morgan fingerprint density at radius 1 is 1.47 bits per heavy atom. The van der Waals surface area contributed by atoms with Gasteiger partial charge in [0.1, 0.15) is 18.2 Å². The van der Waals surface area contributed by atoms with Gasteiger partial charge in [-0.3, -0.25) is 4.57 Å². The van der Waals surface area contributed by atoms with Gasteiger partial charge < -0.3 is 5.73 Å². The Labute approximate surface area is 98.1 Å². The summed E-state index contributed by atoms with van der Waals surface area (Å²) in [4.78, 5) is 3.88. The van der Waals surface area contributed by atoms with Gasteiger partial charge in [0.05, 0.1) is 0 Å². The molecule has 0 amide bonds. The summed E-state index contributed by atoms with van der Waals surface area (Å²) < 4.78 is 38.7. The first-order valence-electron chi connectivity index (χ1n) is 4.57. The van der Waals surface area contributed by atoms with Crippen LogP contribution in [0, 0.1) is 0 Å². The largest absolute Gasteiger partial charge is 0.408 e. The fraction of sp³-hybridized carbons (Fsp3) is 0.375. The van der Waals surface area contributed by atoms with E-state index in [9.17, 15) is 13.2 Å². The second kappa shape index (κ2) is 3.99. The summed E-state index contributed by atoms with van der Waals surface area (Å²) in [5, 5.41) is 8.97. The number of nitrogens with zero attached hydrogens (tertiary/aromatic N) is 4. The highest BCUT2D eigenvalue weighted by atomic mass is 32.1. The minimum absolute atomic E-state index is 0.0662. The molecule has 2 N–H and O–H groups in total. The molecule has 92 valence electrons. The molecule has 0 radical (unpaired) electrons. The van der Waals surface area contributed by atoms with Crippen LogP contribution in [-0.4, -0.2) is 25.9 Å². The highest BCUT2D eigenvalue weighted by Gasteiger charge is 2.38. The van der Waals surface area contributed by atoms with Crippen LogP contribution in [0.15, 0.2) is 11.7 Å². The average molecular weight is 263 g/mol. The first-order chi connectivity index (χ1) is 7.89. The van der Waals surface area contributed by atoms with Crippen LogP contribution >= 0.6 is 11.3 Å². The first kappa shape index (κ1) is 11.8. The molecule has 0 spiro atoms. The Morgan fingerprint density at radius 3 is 2.71 bits per heavy atom. The van der Waals surface area contributed by atoms with E-state index in [0.717, 1.165) is 29.2 Å². The van der Waals surface area contributed by atoms with Crippen molar-refractivity contribution in [1.82, 2.24) is 19.7 Å². The lowest BCUT2D eigenvalue weighted by Crippen LogP contribution is -2.23. The zero-order valence-corrected chi connectivity index (χ0v) is 9.46. The molecular weight excluding hydrogens is 255 g/mol. The molecule has 2 rings (SSSR count). The molecule has 1 unspecified atom stereocenters. The number of thiazole rings is 1. The topological polar surface area (TPSA) is 69.6 Å². The summed E-state index contributed by atoms with van der Waals surface area (Å²) in [6.07, 6.45) is -3.33. The average Bonchev–Trinajstić information content (AvgIpc) is 2.82. The molecule has 0 aromatic carbocycles. The third-order valence-electron chi connectivity index (χ3n) is 2.18. The van der Waals surface area contributed by atoms with Crippen LogP contribution < -0.4 is 5.73 Å². The monoisotopic (exact) mass is 263 g/mol. The standard InChI is InChI=1S/C8H8F3N5S/c1-4(8(9,10)11)16-3-13-15-6(16)7-14-5(12)2-17-7/h2-4H,12H2,1H3. The Bertz CT molecular complexity index is 517. The van der Waals surface area contributed by atoms with E-state index in [4.69, 9.17) is 5.73 Å². The molecule has 2 aromatic rings. The van der Waals surface area contributed by atoms with E-state index in [0.29, 0.717) is 5.01 Å². The molecule has 0 fully saturated rings. The van der Waals surface area contributed by atoms with Gasteiger partial charge >= 0.3 is 6.18 Å². The van der Waals surface area contributed by atoms with Gasteiger partial charge in [-0.2, -0.15) is 13.2 Å². The second-order valence-corrected chi connectivity index (χ2v) is 4.22.